The zero-order valence-electron chi connectivity index (χ0n) is 19.3. The van der Waals surface area contributed by atoms with E-state index >= 15 is 0 Å². The molecule has 32 heavy (non-hydrogen) atoms. The van der Waals surface area contributed by atoms with Crippen LogP contribution in [-0.2, 0) is 6.54 Å². The predicted octanol–water partition coefficient (Wildman–Crippen LogP) is 3.58. The molecule has 0 aromatic heterocycles. The lowest BCUT2D eigenvalue weighted by Gasteiger charge is -2.34. The van der Waals surface area contributed by atoms with Gasteiger partial charge in [-0.25, -0.2) is 4.39 Å². The fourth-order valence-corrected chi connectivity index (χ4v) is 3.76. The maximum Gasteiger partial charge on any atom is 0.191 e. The number of methoxy groups -OCH3 is 2. The number of aliphatic imine (C=N–C) groups is 1. The highest BCUT2D eigenvalue weighted by Gasteiger charge is 2.21. The van der Waals surface area contributed by atoms with Crippen molar-refractivity contribution in [1.82, 2.24) is 10.6 Å². The summed E-state index contributed by atoms with van der Waals surface area (Å²) in [5, 5.41) is 6.75. The van der Waals surface area contributed by atoms with Crippen LogP contribution < -0.4 is 29.7 Å². The van der Waals surface area contributed by atoms with E-state index in [2.05, 4.69) is 20.5 Å². The Morgan fingerprint density at radius 3 is 2.34 bits per heavy atom. The normalized spacial score (nSPS) is 14.8. The second-order valence-electron chi connectivity index (χ2n) is 7.60. The van der Waals surface area contributed by atoms with Gasteiger partial charge in [-0.2, -0.15) is 0 Å². The minimum absolute atomic E-state index is 0.277. The topological polar surface area (TPSA) is 67.4 Å². The zero-order chi connectivity index (χ0) is 22.9. The first-order chi connectivity index (χ1) is 15.6. The zero-order valence-corrected chi connectivity index (χ0v) is 19.3. The molecule has 1 heterocycles. The second kappa shape index (κ2) is 11.5. The van der Waals surface area contributed by atoms with Gasteiger partial charge < -0.3 is 29.7 Å². The molecule has 1 saturated heterocycles. The monoisotopic (exact) mass is 444 g/mol. The van der Waals surface area contributed by atoms with Crippen molar-refractivity contribution in [2.75, 3.05) is 45.9 Å². The van der Waals surface area contributed by atoms with Gasteiger partial charge in [0.15, 0.2) is 17.5 Å². The number of nitrogens with one attached hydrogen (secondary N) is 2. The minimum Gasteiger partial charge on any atom is -0.497 e. The Morgan fingerprint density at radius 1 is 1.09 bits per heavy atom. The summed E-state index contributed by atoms with van der Waals surface area (Å²) in [5.41, 5.74) is 1.93. The molecule has 0 amide bonds. The first-order valence-corrected chi connectivity index (χ1v) is 10.9. The van der Waals surface area contributed by atoms with Gasteiger partial charge in [-0.15, -0.1) is 0 Å². The molecular weight excluding hydrogens is 411 g/mol. The van der Waals surface area contributed by atoms with Gasteiger partial charge >= 0.3 is 0 Å². The number of anilines is 1. The number of piperidine rings is 1. The average Bonchev–Trinajstić information content (AvgIpc) is 2.83. The van der Waals surface area contributed by atoms with Crippen molar-refractivity contribution in [1.29, 1.82) is 0 Å². The molecule has 7 nitrogen and oxygen atoms in total. The van der Waals surface area contributed by atoms with E-state index in [1.54, 1.807) is 27.3 Å². The van der Waals surface area contributed by atoms with Crippen LogP contribution in [0, 0.1) is 5.82 Å². The molecule has 0 saturated carbocycles. The predicted molar refractivity (Wildman–Crippen MR) is 126 cm³/mol. The molecule has 0 bridgehead atoms. The quantitative estimate of drug-likeness (QED) is 0.479. The molecule has 2 N–H and O–H groups in total. The van der Waals surface area contributed by atoms with Crippen molar-refractivity contribution in [2.45, 2.75) is 32.4 Å². The Morgan fingerprint density at radius 2 is 1.78 bits per heavy atom. The second-order valence-corrected chi connectivity index (χ2v) is 7.60. The van der Waals surface area contributed by atoms with Gasteiger partial charge in [0, 0.05) is 56.6 Å². The molecule has 0 atom stereocenters. The summed E-state index contributed by atoms with van der Waals surface area (Å²) in [7, 11) is 5.07. The van der Waals surface area contributed by atoms with Gasteiger partial charge in [0.05, 0.1) is 20.8 Å². The van der Waals surface area contributed by atoms with Crippen LogP contribution in [-0.4, -0.2) is 53.0 Å². The maximum atomic E-state index is 14.1. The van der Waals surface area contributed by atoms with E-state index in [1.165, 1.54) is 6.07 Å². The Kier molecular flexibility index (Phi) is 8.41. The van der Waals surface area contributed by atoms with Crippen LogP contribution in [0.4, 0.5) is 10.1 Å². The highest BCUT2D eigenvalue weighted by atomic mass is 19.1. The lowest BCUT2D eigenvalue weighted by molar-refractivity contribution is 0.321. The lowest BCUT2D eigenvalue weighted by Crippen LogP contribution is -2.48. The molecule has 0 aliphatic carbocycles. The van der Waals surface area contributed by atoms with Crippen molar-refractivity contribution in [3.63, 3.8) is 0 Å². The molecule has 1 fully saturated rings. The van der Waals surface area contributed by atoms with E-state index in [0.29, 0.717) is 25.2 Å². The molecule has 2 aromatic rings. The van der Waals surface area contributed by atoms with Gasteiger partial charge in [-0.1, -0.05) is 6.07 Å². The Labute approximate surface area is 189 Å². The number of hydrogen-bond donors (Lipinski definition) is 2. The Bertz CT molecular complexity index is 892. The van der Waals surface area contributed by atoms with Crippen LogP contribution in [0.5, 0.6) is 17.2 Å². The van der Waals surface area contributed by atoms with Crippen molar-refractivity contribution in [2.24, 2.45) is 4.99 Å². The Balaban J connectivity index is 1.51. The third-order valence-electron chi connectivity index (χ3n) is 5.52. The number of ether oxygens (including phenoxy) is 3. The van der Waals surface area contributed by atoms with E-state index in [4.69, 9.17) is 14.2 Å². The van der Waals surface area contributed by atoms with Crippen molar-refractivity contribution in [3.05, 3.63) is 47.8 Å². The fourth-order valence-electron chi connectivity index (χ4n) is 3.76. The van der Waals surface area contributed by atoms with Crippen LogP contribution in [0.3, 0.4) is 0 Å². The molecule has 1 aliphatic heterocycles. The van der Waals surface area contributed by atoms with Crippen LogP contribution in [0.1, 0.15) is 25.3 Å². The van der Waals surface area contributed by atoms with Gasteiger partial charge in [0.1, 0.15) is 11.5 Å². The molecule has 8 heteroatoms. The van der Waals surface area contributed by atoms with E-state index < -0.39 is 0 Å². The molecular formula is C24H33FN4O3. The molecule has 0 unspecified atom stereocenters. The summed E-state index contributed by atoms with van der Waals surface area (Å²) in [6.07, 6.45) is 1.94. The highest BCUT2D eigenvalue weighted by molar-refractivity contribution is 5.80. The summed E-state index contributed by atoms with van der Waals surface area (Å²) in [5.74, 6) is 2.21. The molecule has 0 radical (unpaired) electrons. The largest absolute Gasteiger partial charge is 0.497 e. The summed E-state index contributed by atoms with van der Waals surface area (Å²) in [4.78, 5) is 6.65. The first-order valence-electron chi connectivity index (χ1n) is 10.9. The Hall–Kier alpha value is -3.16. The van der Waals surface area contributed by atoms with E-state index in [0.717, 1.165) is 48.7 Å². The van der Waals surface area contributed by atoms with Crippen LogP contribution in [0.2, 0.25) is 0 Å². The SMILES string of the molecule is CCOc1ccc(CNC(=NC)NC2CCN(c3cc(OC)cc(OC)c3)CC2)cc1F. The summed E-state index contributed by atoms with van der Waals surface area (Å²) in [6, 6.07) is 11.3. The molecule has 0 spiro atoms. The maximum absolute atomic E-state index is 14.1. The average molecular weight is 445 g/mol. The third kappa shape index (κ3) is 6.18. The van der Waals surface area contributed by atoms with Crippen molar-refractivity contribution in [3.8, 4) is 17.2 Å². The number of nitrogens with zero attached hydrogens (tertiary/aromatic N) is 2. The van der Waals surface area contributed by atoms with Crippen molar-refractivity contribution < 1.29 is 18.6 Å². The molecule has 174 valence electrons. The molecule has 2 aromatic carbocycles. The van der Waals surface area contributed by atoms with Crippen LogP contribution in [0.25, 0.3) is 0 Å². The number of hydrogen-bond acceptors (Lipinski definition) is 5. The van der Waals surface area contributed by atoms with Gasteiger partial charge in [0.2, 0.25) is 0 Å². The first kappa shape index (κ1) is 23.5. The van der Waals surface area contributed by atoms with Crippen LogP contribution >= 0.6 is 0 Å². The lowest BCUT2D eigenvalue weighted by atomic mass is 10.0. The molecule has 1 aliphatic rings. The fraction of sp³-hybridized carbons (Fsp3) is 0.458. The highest BCUT2D eigenvalue weighted by Crippen LogP contribution is 2.30. The van der Waals surface area contributed by atoms with Crippen molar-refractivity contribution >= 4 is 11.6 Å². The van der Waals surface area contributed by atoms with E-state index in [9.17, 15) is 4.39 Å². The number of benzene rings is 2. The summed E-state index contributed by atoms with van der Waals surface area (Å²) < 4.78 is 30.1. The smallest absolute Gasteiger partial charge is 0.191 e. The minimum atomic E-state index is -0.351. The third-order valence-corrected chi connectivity index (χ3v) is 5.52. The van der Waals surface area contributed by atoms with Gasteiger partial charge in [0.25, 0.3) is 0 Å². The van der Waals surface area contributed by atoms with E-state index in [-0.39, 0.29) is 11.6 Å². The molecule has 3 rings (SSSR count). The van der Waals surface area contributed by atoms with Gasteiger partial charge in [-0.3, -0.25) is 4.99 Å². The standard InChI is InChI=1S/C24H33FN4O3/c1-5-32-23-7-6-17(12-22(23)25)16-27-24(26-2)28-18-8-10-29(11-9-18)19-13-20(30-3)15-21(14-19)31-4/h6-7,12-15,18H,5,8-11,16H2,1-4H3,(H2,26,27,28). The van der Waals surface area contributed by atoms with Crippen LogP contribution in [0.15, 0.2) is 41.4 Å². The van der Waals surface area contributed by atoms with E-state index in [1.807, 2.05) is 31.2 Å². The number of halogens is 1. The number of guanidine groups is 1. The number of rotatable bonds is 8. The van der Waals surface area contributed by atoms with Gasteiger partial charge in [-0.05, 0) is 37.5 Å². The summed E-state index contributed by atoms with van der Waals surface area (Å²) in [6.45, 7) is 4.58. The summed E-state index contributed by atoms with van der Waals surface area (Å²) >= 11 is 0.